The van der Waals surface area contributed by atoms with Gasteiger partial charge in [0.15, 0.2) is 5.82 Å². The summed E-state index contributed by atoms with van der Waals surface area (Å²) in [5.41, 5.74) is 3.30. The molecule has 1 aliphatic heterocycles. The fourth-order valence-electron chi connectivity index (χ4n) is 3.55. The summed E-state index contributed by atoms with van der Waals surface area (Å²) in [5.74, 6) is 0.295. The van der Waals surface area contributed by atoms with Crippen LogP contribution in [0, 0.1) is 11.3 Å². The van der Waals surface area contributed by atoms with Crippen molar-refractivity contribution in [2.24, 2.45) is 0 Å². The van der Waals surface area contributed by atoms with Crippen LogP contribution in [0.4, 0.5) is 34.5 Å². The van der Waals surface area contributed by atoms with Gasteiger partial charge < -0.3 is 26.0 Å². The highest BCUT2D eigenvalue weighted by Crippen LogP contribution is 2.31. The van der Waals surface area contributed by atoms with Crippen molar-refractivity contribution < 1.29 is 9.90 Å². The fourth-order valence-corrected chi connectivity index (χ4v) is 3.69. The minimum absolute atomic E-state index is 0.278. The van der Waals surface area contributed by atoms with Gasteiger partial charge in [-0.05, 0) is 49.2 Å². The molecule has 1 fully saturated rings. The number of para-hydroxylation sites is 2. The largest absolute Gasteiger partial charge is 0.400 e. The average molecular weight is 492 g/mol. The van der Waals surface area contributed by atoms with E-state index in [2.05, 4.69) is 43.5 Å². The fraction of sp³-hybridized carbons (Fsp3) is 0.200. The van der Waals surface area contributed by atoms with Gasteiger partial charge in [-0.1, -0.05) is 30.3 Å². The van der Waals surface area contributed by atoms with Gasteiger partial charge >= 0.3 is 0 Å². The van der Waals surface area contributed by atoms with Crippen LogP contribution in [0.3, 0.4) is 0 Å². The number of nitrogens with zero attached hydrogens (tertiary/aromatic N) is 4. The monoisotopic (exact) mass is 491 g/mol. The standard InChI is InChI=1S/C24H22ClN7O.CH4O/c1-2-22(33)28-20-7-3-4-8-21(20)29-23-18(25)15-27-24(31-23)30-19-10-9-17(13-16(19)14-26)32-11-5-6-12-32;1-2/h2-4,7-10,13,15H,1,5-6,11-12H2,(H,28,33)(H2,27,29,30,31);2H,1H3. The zero-order valence-corrected chi connectivity index (χ0v) is 20.0. The Bertz CT molecular complexity index is 1240. The molecule has 10 heteroatoms. The van der Waals surface area contributed by atoms with E-state index in [4.69, 9.17) is 16.7 Å². The summed E-state index contributed by atoms with van der Waals surface area (Å²) in [7, 11) is 1.00. The van der Waals surface area contributed by atoms with Gasteiger partial charge in [0.2, 0.25) is 11.9 Å². The highest BCUT2D eigenvalue weighted by Gasteiger charge is 2.15. The minimum Gasteiger partial charge on any atom is -0.400 e. The van der Waals surface area contributed by atoms with Crippen LogP contribution in [-0.2, 0) is 4.79 Å². The van der Waals surface area contributed by atoms with Crippen LogP contribution in [0.5, 0.6) is 0 Å². The number of anilines is 6. The molecule has 9 nitrogen and oxygen atoms in total. The van der Waals surface area contributed by atoms with Crippen LogP contribution in [0.15, 0.2) is 61.3 Å². The van der Waals surface area contributed by atoms with Crippen LogP contribution in [0.25, 0.3) is 0 Å². The molecule has 2 heterocycles. The SMILES string of the molecule is C=CC(=O)Nc1ccccc1Nc1nc(Nc2ccc(N3CCCC3)cc2C#N)ncc1Cl.CO. The third-order valence-electron chi connectivity index (χ3n) is 5.21. The molecule has 0 aliphatic carbocycles. The zero-order chi connectivity index (χ0) is 25.2. The molecule has 0 unspecified atom stereocenters. The van der Waals surface area contributed by atoms with E-state index < -0.39 is 0 Å². The highest BCUT2D eigenvalue weighted by atomic mass is 35.5. The Balaban J connectivity index is 0.00000167. The number of hydrogen-bond acceptors (Lipinski definition) is 8. The zero-order valence-electron chi connectivity index (χ0n) is 19.3. The Morgan fingerprint density at radius 3 is 2.54 bits per heavy atom. The predicted octanol–water partition coefficient (Wildman–Crippen LogP) is 4.82. The van der Waals surface area contributed by atoms with E-state index in [-0.39, 0.29) is 11.9 Å². The number of carbonyl (C=O) groups excluding carboxylic acids is 1. The van der Waals surface area contributed by atoms with Crippen molar-refractivity contribution in [3.8, 4) is 6.07 Å². The summed E-state index contributed by atoms with van der Waals surface area (Å²) in [5, 5.41) is 25.9. The first-order valence-corrected chi connectivity index (χ1v) is 11.3. The molecule has 0 atom stereocenters. The maximum Gasteiger partial charge on any atom is 0.247 e. The van der Waals surface area contributed by atoms with Gasteiger partial charge in [-0.3, -0.25) is 4.79 Å². The average Bonchev–Trinajstić information content (AvgIpc) is 3.43. The van der Waals surface area contributed by atoms with Crippen LogP contribution in [0.2, 0.25) is 5.02 Å². The summed E-state index contributed by atoms with van der Waals surface area (Å²) < 4.78 is 0. The second-order valence-electron chi connectivity index (χ2n) is 7.41. The summed E-state index contributed by atoms with van der Waals surface area (Å²) in [4.78, 5) is 22.7. The number of hydrogen-bond donors (Lipinski definition) is 4. The molecule has 180 valence electrons. The quantitative estimate of drug-likeness (QED) is 0.346. The number of nitriles is 1. The Kier molecular flexibility index (Phi) is 9.01. The molecule has 4 rings (SSSR count). The molecule has 4 N–H and O–H groups in total. The number of aromatic nitrogens is 2. The van der Waals surface area contributed by atoms with Gasteiger partial charge in [0.1, 0.15) is 11.1 Å². The van der Waals surface area contributed by atoms with E-state index in [1.807, 2.05) is 24.3 Å². The van der Waals surface area contributed by atoms with Crippen molar-refractivity contribution in [1.82, 2.24) is 9.97 Å². The number of carbonyl (C=O) groups is 1. The van der Waals surface area contributed by atoms with Crippen LogP contribution in [0.1, 0.15) is 18.4 Å². The first kappa shape index (κ1) is 25.5. The molecule has 1 saturated heterocycles. The molecule has 1 aromatic heterocycles. The third kappa shape index (κ3) is 6.47. The van der Waals surface area contributed by atoms with E-state index >= 15 is 0 Å². The molecule has 0 spiro atoms. The number of aliphatic hydroxyl groups excluding tert-OH is 1. The highest BCUT2D eigenvalue weighted by molar-refractivity contribution is 6.33. The van der Waals surface area contributed by atoms with Crippen LogP contribution >= 0.6 is 11.6 Å². The maximum atomic E-state index is 11.7. The smallest absolute Gasteiger partial charge is 0.247 e. The van der Waals surface area contributed by atoms with Crippen molar-refractivity contribution in [3.05, 3.63) is 71.9 Å². The molecule has 0 saturated carbocycles. The topological polar surface area (TPSA) is 126 Å². The number of aliphatic hydroxyl groups is 1. The Labute approximate surface area is 209 Å². The van der Waals surface area contributed by atoms with Gasteiger partial charge in [-0.2, -0.15) is 10.2 Å². The molecule has 0 bridgehead atoms. The lowest BCUT2D eigenvalue weighted by molar-refractivity contribution is -0.111. The second-order valence-corrected chi connectivity index (χ2v) is 7.82. The Hall–Kier alpha value is -4.13. The van der Waals surface area contributed by atoms with Gasteiger partial charge in [0.25, 0.3) is 0 Å². The molecular weight excluding hydrogens is 466 g/mol. The number of halogens is 1. The van der Waals surface area contributed by atoms with E-state index in [1.54, 1.807) is 18.2 Å². The third-order valence-corrected chi connectivity index (χ3v) is 5.49. The number of rotatable bonds is 7. The lowest BCUT2D eigenvalue weighted by Gasteiger charge is -2.19. The summed E-state index contributed by atoms with van der Waals surface area (Å²) >= 11 is 6.31. The molecule has 3 aromatic rings. The first-order valence-electron chi connectivity index (χ1n) is 10.9. The molecule has 1 amide bonds. The predicted molar refractivity (Wildman–Crippen MR) is 140 cm³/mol. The number of amides is 1. The van der Waals surface area contributed by atoms with E-state index in [0.717, 1.165) is 38.7 Å². The van der Waals surface area contributed by atoms with Crippen molar-refractivity contribution in [3.63, 3.8) is 0 Å². The lowest BCUT2D eigenvalue weighted by Crippen LogP contribution is -2.17. The van der Waals surface area contributed by atoms with Crippen LogP contribution < -0.4 is 20.9 Å². The maximum absolute atomic E-state index is 11.7. The summed E-state index contributed by atoms with van der Waals surface area (Å²) in [6.07, 6.45) is 4.99. The van der Waals surface area contributed by atoms with Crippen molar-refractivity contribution in [2.45, 2.75) is 12.8 Å². The van der Waals surface area contributed by atoms with Crippen molar-refractivity contribution in [1.29, 1.82) is 5.26 Å². The molecule has 1 aliphatic rings. The lowest BCUT2D eigenvalue weighted by atomic mass is 10.1. The molecular formula is C25H26ClN7O2. The summed E-state index contributed by atoms with van der Waals surface area (Å²) in [6.45, 7) is 5.47. The van der Waals surface area contributed by atoms with E-state index in [9.17, 15) is 10.1 Å². The number of nitrogens with one attached hydrogen (secondary N) is 3. The second kappa shape index (κ2) is 12.4. The Morgan fingerprint density at radius 1 is 1.14 bits per heavy atom. The number of benzene rings is 2. The van der Waals surface area contributed by atoms with Gasteiger partial charge in [0.05, 0.1) is 28.8 Å². The molecule has 35 heavy (non-hydrogen) atoms. The van der Waals surface area contributed by atoms with E-state index in [0.29, 0.717) is 33.5 Å². The van der Waals surface area contributed by atoms with Gasteiger partial charge in [-0.25, -0.2) is 4.98 Å². The molecule has 2 aromatic carbocycles. The van der Waals surface area contributed by atoms with Crippen molar-refractivity contribution >= 4 is 52.0 Å². The Morgan fingerprint density at radius 2 is 1.86 bits per heavy atom. The molecule has 0 radical (unpaired) electrons. The first-order chi connectivity index (χ1) is 17.1. The van der Waals surface area contributed by atoms with E-state index in [1.165, 1.54) is 12.3 Å². The van der Waals surface area contributed by atoms with Crippen molar-refractivity contribution in [2.75, 3.05) is 41.0 Å². The van der Waals surface area contributed by atoms with Gasteiger partial charge in [0, 0.05) is 25.9 Å². The normalized spacial score (nSPS) is 12.1. The summed E-state index contributed by atoms with van der Waals surface area (Å²) in [6, 6.07) is 15.1. The van der Waals surface area contributed by atoms with Crippen LogP contribution in [-0.4, -0.2) is 41.2 Å². The minimum atomic E-state index is -0.332. The van der Waals surface area contributed by atoms with Gasteiger partial charge in [-0.15, -0.1) is 0 Å².